The molecule has 98 valence electrons. The van der Waals surface area contributed by atoms with Crippen LogP contribution in [0.1, 0.15) is 52.4 Å². The highest BCUT2D eigenvalue weighted by atomic mass is 16.5. The number of ether oxygens (including phenoxy) is 1. The number of nitrogens with one attached hydrogen (secondary N) is 1. The van der Waals surface area contributed by atoms with E-state index >= 15 is 0 Å². The van der Waals surface area contributed by atoms with E-state index in [1.807, 2.05) is 0 Å². The van der Waals surface area contributed by atoms with Crippen LogP contribution in [0, 0.1) is 0 Å². The van der Waals surface area contributed by atoms with E-state index < -0.39 is 0 Å². The third-order valence-electron chi connectivity index (χ3n) is 2.72. The predicted molar refractivity (Wildman–Crippen MR) is 68.7 cm³/mol. The van der Waals surface area contributed by atoms with E-state index in [1.54, 1.807) is 0 Å². The minimum Gasteiger partial charge on any atom is -0.394 e. The van der Waals surface area contributed by atoms with Crippen LogP contribution in [-0.2, 0) is 4.74 Å². The zero-order valence-electron chi connectivity index (χ0n) is 11.0. The first-order valence-corrected chi connectivity index (χ1v) is 6.73. The molecule has 0 aliphatic rings. The Hall–Kier alpha value is -0.120. The molecular formula is C13H29NO2. The first-order valence-electron chi connectivity index (χ1n) is 6.73. The number of hydrogen-bond acceptors (Lipinski definition) is 3. The maximum absolute atomic E-state index is 8.52. The lowest BCUT2D eigenvalue weighted by molar-refractivity contribution is 0.0926. The number of rotatable bonds is 12. The van der Waals surface area contributed by atoms with Crippen LogP contribution < -0.4 is 5.32 Å². The molecule has 0 saturated heterocycles. The second-order valence-corrected chi connectivity index (χ2v) is 4.39. The molecule has 0 rings (SSSR count). The summed E-state index contributed by atoms with van der Waals surface area (Å²) in [5.41, 5.74) is 0. The van der Waals surface area contributed by atoms with Gasteiger partial charge in [0.15, 0.2) is 0 Å². The lowest BCUT2D eigenvalue weighted by Gasteiger charge is -2.13. The van der Waals surface area contributed by atoms with Crippen molar-refractivity contribution in [2.45, 2.75) is 58.4 Å². The topological polar surface area (TPSA) is 41.5 Å². The zero-order chi connectivity index (χ0) is 12.1. The summed E-state index contributed by atoms with van der Waals surface area (Å²) in [7, 11) is 0. The lowest BCUT2D eigenvalue weighted by Crippen LogP contribution is -2.29. The molecule has 1 atom stereocenters. The number of aliphatic hydroxyl groups excluding tert-OH is 1. The molecule has 0 aliphatic carbocycles. The van der Waals surface area contributed by atoms with E-state index in [4.69, 9.17) is 9.84 Å². The molecule has 0 aliphatic heterocycles. The van der Waals surface area contributed by atoms with E-state index in [1.165, 1.54) is 38.5 Å². The van der Waals surface area contributed by atoms with Crippen molar-refractivity contribution in [3.8, 4) is 0 Å². The van der Waals surface area contributed by atoms with Gasteiger partial charge in [-0.15, -0.1) is 0 Å². The Balaban J connectivity index is 3.09. The quantitative estimate of drug-likeness (QED) is 0.507. The number of hydrogen-bond donors (Lipinski definition) is 2. The van der Waals surface area contributed by atoms with Gasteiger partial charge in [-0.3, -0.25) is 0 Å². The Bertz CT molecular complexity index is 117. The van der Waals surface area contributed by atoms with Crippen LogP contribution in [0.25, 0.3) is 0 Å². The van der Waals surface area contributed by atoms with Gasteiger partial charge >= 0.3 is 0 Å². The Morgan fingerprint density at radius 3 is 2.56 bits per heavy atom. The third kappa shape index (κ3) is 12.0. The lowest BCUT2D eigenvalue weighted by atomic mass is 10.1. The summed E-state index contributed by atoms with van der Waals surface area (Å²) in [5.74, 6) is 0. The summed E-state index contributed by atoms with van der Waals surface area (Å²) in [6.45, 7) is 6.62. The van der Waals surface area contributed by atoms with Crippen molar-refractivity contribution < 1.29 is 9.84 Å². The fraction of sp³-hybridized carbons (Fsp3) is 1.00. The minimum atomic E-state index is 0.118. The number of aliphatic hydroxyl groups is 1. The van der Waals surface area contributed by atoms with Crippen LogP contribution in [0.15, 0.2) is 0 Å². The summed E-state index contributed by atoms with van der Waals surface area (Å²) in [6, 6.07) is 0.583. The van der Waals surface area contributed by atoms with E-state index in [0.717, 1.165) is 6.54 Å². The molecule has 0 saturated carbocycles. The Morgan fingerprint density at radius 2 is 1.88 bits per heavy atom. The van der Waals surface area contributed by atoms with Gasteiger partial charge in [-0.2, -0.15) is 0 Å². The van der Waals surface area contributed by atoms with Crippen LogP contribution in [0.5, 0.6) is 0 Å². The molecule has 1 unspecified atom stereocenters. The predicted octanol–water partition coefficient (Wildman–Crippen LogP) is 2.33. The molecular weight excluding hydrogens is 202 g/mol. The van der Waals surface area contributed by atoms with Gasteiger partial charge in [0.2, 0.25) is 0 Å². The highest BCUT2D eigenvalue weighted by Crippen LogP contribution is 2.06. The van der Waals surface area contributed by atoms with E-state index in [2.05, 4.69) is 19.2 Å². The largest absolute Gasteiger partial charge is 0.394 e. The molecule has 0 spiro atoms. The summed E-state index contributed by atoms with van der Waals surface area (Å²) in [5, 5.41) is 11.9. The maximum Gasteiger partial charge on any atom is 0.0698 e. The average molecular weight is 231 g/mol. The van der Waals surface area contributed by atoms with Gasteiger partial charge in [0.25, 0.3) is 0 Å². The van der Waals surface area contributed by atoms with Crippen molar-refractivity contribution in [3.05, 3.63) is 0 Å². The molecule has 3 nitrogen and oxygen atoms in total. The normalized spacial score (nSPS) is 12.9. The molecule has 3 heteroatoms. The van der Waals surface area contributed by atoms with Crippen LogP contribution in [0.4, 0.5) is 0 Å². The van der Waals surface area contributed by atoms with Gasteiger partial charge < -0.3 is 15.2 Å². The van der Waals surface area contributed by atoms with Crippen molar-refractivity contribution in [1.29, 1.82) is 0 Å². The Labute approximate surface area is 101 Å². The summed E-state index contributed by atoms with van der Waals surface area (Å²) >= 11 is 0. The van der Waals surface area contributed by atoms with E-state index in [9.17, 15) is 0 Å². The second-order valence-electron chi connectivity index (χ2n) is 4.39. The highest BCUT2D eigenvalue weighted by molar-refractivity contribution is 4.60. The first kappa shape index (κ1) is 15.9. The van der Waals surface area contributed by atoms with Gasteiger partial charge in [0, 0.05) is 12.6 Å². The molecule has 0 amide bonds. The molecule has 0 bridgehead atoms. The molecule has 0 radical (unpaired) electrons. The van der Waals surface area contributed by atoms with Gasteiger partial charge in [0.05, 0.1) is 19.8 Å². The second kappa shape index (κ2) is 12.9. The monoisotopic (exact) mass is 231 g/mol. The SMILES string of the molecule is CCCCCCCC(C)NCCOCCO. The van der Waals surface area contributed by atoms with Crippen LogP contribution >= 0.6 is 0 Å². The molecule has 0 fully saturated rings. The molecule has 0 aromatic rings. The van der Waals surface area contributed by atoms with Crippen molar-refractivity contribution in [2.75, 3.05) is 26.4 Å². The van der Waals surface area contributed by atoms with Crippen molar-refractivity contribution in [1.82, 2.24) is 5.32 Å². The van der Waals surface area contributed by atoms with Crippen LogP contribution in [0.3, 0.4) is 0 Å². The molecule has 2 N–H and O–H groups in total. The molecule has 0 aromatic carbocycles. The smallest absolute Gasteiger partial charge is 0.0698 e. The minimum absolute atomic E-state index is 0.118. The molecule has 0 heterocycles. The average Bonchev–Trinajstić information content (AvgIpc) is 2.28. The van der Waals surface area contributed by atoms with Crippen molar-refractivity contribution in [2.24, 2.45) is 0 Å². The fourth-order valence-electron chi connectivity index (χ4n) is 1.70. The van der Waals surface area contributed by atoms with E-state index in [0.29, 0.717) is 19.3 Å². The zero-order valence-corrected chi connectivity index (χ0v) is 11.0. The third-order valence-corrected chi connectivity index (χ3v) is 2.72. The number of unbranched alkanes of at least 4 members (excludes halogenated alkanes) is 4. The Kier molecular flexibility index (Phi) is 12.9. The van der Waals surface area contributed by atoms with E-state index in [-0.39, 0.29) is 6.61 Å². The molecule has 16 heavy (non-hydrogen) atoms. The summed E-state index contributed by atoms with van der Waals surface area (Å²) in [4.78, 5) is 0. The van der Waals surface area contributed by atoms with Crippen LogP contribution in [-0.4, -0.2) is 37.5 Å². The maximum atomic E-state index is 8.52. The Morgan fingerprint density at radius 1 is 1.12 bits per heavy atom. The van der Waals surface area contributed by atoms with Crippen molar-refractivity contribution >= 4 is 0 Å². The fourth-order valence-corrected chi connectivity index (χ4v) is 1.70. The van der Waals surface area contributed by atoms with Gasteiger partial charge in [-0.1, -0.05) is 39.0 Å². The van der Waals surface area contributed by atoms with Crippen molar-refractivity contribution in [3.63, 3.8) is 0 Å². The van der Waals surface area contributed by atoms with Crippen LogP contribution in [0.2, 0.25) is 0 Å². The summed E-state index contributed by atoms with van der Waals surface area (Å²) in [6.07, 6.45) is 8.01. The summed E-state index contributed by atoms with van der Waals surface area (Å²) < 4.78 is 5.18. The highest BCUT2D eigenvalue weighted by Gasteiger charge is 2.00. The van der Waals surface area contributed by atoms with Gasteiger partial charge in [-0.05, 0) is 13.3 Å². The van der Waals surface area contributed by atoms with Gasteiger partial charge in [-0.25, -0.2) is 0 Å². The first-order chi connectivity index (χ1) is 7.81. The van der Waals surface area contributed by atoms with Gasteiger partial charge in [0.1, 0.15) is 0 Å². The standard InChI is InChI=1S/C13H29NO2/c1-3-4-5-6-7-8-13(2)14-9-11-16-12-10-15/h13-15H,3-12H2,1-2H3. The molecule has 0 aromatic heterocycles.